The lowest BCUT2D eigenvalue weighted by molar-refractivity contribution is 0.130. The molecule has 1 aromatic heterocycles. The summed E-state index contributed by atoms with van der Waals surface area (Å²) in [4.78, 5) is 5.41. The lowest BCUT2D eigenvalue weighted by atomic mass is 10.2. The van der Waals surface area contributed by atoms with Crippen molar-refractivity contribution in [2.45, 2.75) is 20.5 Å². The second-order valence-electron chi connectivity index (χ2n) is 5.66. The zero-order chi connectivity index (χ0) is 19.6. The van der Waals surface area contributed by atoms with Crippen LogP contribution in [0.5, 0.6) is 0 Å². The van der Waals surface area contributed by atoms with Crippen LogP contribution in [0.4, 0.5) is 0 Å². The molecule has 0 saturated heterocycles. The summed E-state index contributed by atoms with van der Waals surface area (Å²) in [5.41, 5.74) is 3.19. The Morgan fingerprint density at radius 2 is 1.67 bits per heavy atom. The van der Waals surface area contributed by atoms with Crippen molar-refractivity contribution in [3.05, 3.63) is 73.4 Å². The first kappa shape index (κ1) is 20.0. The van der Waals surface area contributed by atoms with Gasteiger partial charge in [-0.15, -0.1) is 5.10 Å². The molecule has 3 rings (SSSR count). The van der Waals surface area contributed by atoms with Gasteiger partial charge < -0.3 is 4.84 Å². The molecule has 3 aromatic rings. The van der Waals surface area contributed by atoms with Crippen LogP contribution >= 0.6 is 46.4 Å². The van der Waals surface area contributed by atoms with Crippen LogP contribution in [0, 0.1) is 6.92 Å². The van der Waals surface area contributed by atoms with Gasteiger partial charge in [0, 0.05) is 15.6 Å². The summed E-state index contributed by atoms with van der Waals surface area (Å²) in [7, 11) is 0. The van der Waals surface area contributed by atoms with E-state index in [1.54, 1.807) is 41.9 Å². The average molecular weight is 444 g/mol. The van der Waals surface area contributed by atoms with Gasteiger partial charge in [0.2, 0.25) is 0 Å². The number of rotatable bonds is 5. The van der Waals surface area contributed by atoms with E-state index in [1.165, 1.54) is 0 Å². The van der Waals surface area contributed by atoms with E-state index < -0.39 is 0 Å². The molecule has 0 aliphatic rings. The summed E-state index contributed by atoms with van der Waals surface area (Å²) >= 11 is 24.6. The van der Waals surface area contributed by atoms with Crippen molar-refractivity contribution in [2.24, 2.45) is 5.16 Å². The predicted octanol–water partition coefficient (Wildman–Crippen LogP) is 6.13. The van der Waals surface area contributed by atoms with Gasteiger partial charge in [-0.25, -0.2) is 4.68 Å². The highest BCUT2D eigenvalue weighted by Crippen LogP contribution is 2.29. The zero-order valence-corrected chi connectivity index (χ0v) is 17.4. The normalized spacial score (nSPS) is 11.7. The Kier molecular flexibility index (Phi) is 6.27. The van der Waals surface area contributed by atoms with Crippen LogP contribution in [0.1, 0.15) is 23.9 Å². The van der Waals surface area contributed by atoms with Crippen molar-refractivity contribution >= 4 is 52.1 Å². The molecule has 0 spiro atoms. The van der Waals surface area contributed by atoms with Gasteiger partial charge in [0.15, 0.2) is 0 Å². The first-order valence-corrected chi connectivity index (χ1v) is 9.38. The topological polar surface area (TPSA) is 52.3 Å². The fraction of sp³-hybridized carbons (Fsp3) is 0.167. The molecule has 140 valence electrons. The number of benzene rings is 2. The third-order valence-corrected chi connectivity index (χ3v) is 5.39. The molecule has 0 N–H and O–H groups in total. The van der Waals surface area contributed by atoms with Gasteiger partial charge in [0.1, 0.15) is 18.0 Å². The minimum atomic E-state index is 0.142. The Bertz CT molecular complexity index is 996. The van der Waals surface area contributed by atoms with Crippen molar-refractivity contribution in [2.75, 3.05) is 0 Å². The summed E-state index contributed by atoms with van der Waals surface area (Å²) in [6, 6.07) is 10.6. The van der Waals surface area contributed by atoms with Gasteiger partial charge in [0.25, 0.3) is 0 Å². The Balaban J connectivity index is 1.82. The molecule has 2 aromatic carbocycles. The van der Waals surface area contributed by atoms with Crippen molar-refractivity contribution in [3.63, 3.8) is 0 Å². The van der Waals surface area contributed by atoms with Crippen molar-refractivity contribution < 1.29 is 4.84 Å². The van der Waals surface area contributed by atoms with Crippen LogP contribution < -0.4 is 0 Å². The maximum atomic E-state index is 6.27. The van der Waals surface area contributed by atoms with E-state index in [2.05, 4.69) is 15.5 Å². The molecule has 5 nitrogen and oxygen atoms in total. The third kappa shape index (κ3) is 4.22. The molecular formula is C18H14Cl4N4O. The summed E-state index contributed by atoms with van der Waals surface area (Å²) in [6.45, 7) is 3.77. The fourth-order valence-electron chi connectivity index (χ4n) is 2.46. The molecule has 0 aliphatic heterocycles. The molecule has 0 aliphatic carbocycles. The minimum Gasteiger partial charge on any atom is -0.391 e. The Morgan fingerprint density at radius 1 is 1.04 bits per heavy atom. The number of halogens is 4. The summed E-state index contributed by atoms with van der Waals surface area (Å²) in [5, 5.41) is 14.3. The second-order valence-corrected chi connectivity index (χ2v) is 7.26. The number of aromatic nitrogens is 3. The second kappa shape index (κ2) is 8.48. The molecule has 0 atom stereocenters. The van der Waals surface area contributed by atoms with Gasteiger partial charge in [-0.05, 0) is 38.1 Å². The molecule has 0 amide bonds. The maximum Gasteiger partial charge on any atom is 0.145 e. The number of nitrogens with zero attached hydrogens (tertiary/aromatic N) is 4. The SMILES string of the molecule is CC(=NOCc1c(Cl)cccc1Cl)c1nnn(-c2cccc(Cl)c2Cl)c1C. The molecule has 0 saturated carbocycles. The highest BCUT2D eigenvalue weighted by Gasteiger charge is 2.16. The van der Waals surface area contributed by atoms with Crippen LogP contribution in [0.3, 0.4) is 0 Å². The molecule has 0 radical (unpaired) electrons. The standard InChI is InChI=1S/C18H14Cl4N4O/c1-10(24-27-9-12-13(19)5-3-6-14(12)20)18-11(2)26(25-23-18)16-8-4-7-15(21)17(16)22/h3-8H,9H2,1-2H3. The number of hydrogen-bond acceptors (Lipinski definition) is 4. The highest BCUT2D eigenvalue weighted by molar-refractivity contribution is 6.43. The number of oxime groups is 1. The Morgan fingerprint density at radius 3 is 2.37 bits per heavy atom. The monoisotopic (exact) mass is 442 g/mol. The molecule has 0 unspecified atom stereocenters. The smallest absolute Gasteiger partial charge is 0.145 e. The molecule has 0 fully saturated rings. The largest absolute Gasteiger partial charge is 0.391 e. The first-order chi connectivity index (χ1) is 12.9. The summed E-state index contributed by atoms with van der Waals surface area (Å²) in [5.74, 6) is 0. The van der Waals surface area contributed by atoms with E-state index in [0.29, 0.717) is 42.7 Å². The fourth-order valence-corrected chi connectivity index (χ4v) is 3.34. The summed E-state index contributed by atoms with van der Waals surface area (Å²) in [6.07, 6.45) is 0. The van der Waals surface area contributed by atoms with E-state index in [0.717, 1.165) is 5.69 Å². The molecule has 1 heterocycles. The minimum absolute atomic E-state index is 0.142. The zero-order valence-electron chi connectivity index (χ0n) is 14.4. The average Bonchev–Trinajstić information content (AvgIpc) is 3.01. The van der Waals surface area contributed by atoms with Crippen LogP contribution in [-0.4, -0.2) is 20.7 Å². The Labute approximate surface area is 176 Å². The predicted molar refractivity (Wildman–Crippen MR) is 110 cm³/mol. The third-order valence-electron chi connectivity index (χ3n) is 3.87. The van der Waals surface area contributed by atoms with Gasteiger partial charge >= 0.3 is 0 Å². The van der Waals surface area contributed by atoms with E-state index in [4.69, 9.17) is 51.2 Å². The lowest BCUT2D eigenvalue weighted by Crippen LogP contribution is -2.03. The lowest BCUT2D eigenvalue weighted by Gasteiger charge is -2.07. The first-order valence-electron chi connectivity index (χ1n) is 7.86. The van der Waals surface area contributed by atoms with Crippen LogP contribution in [0.2, 0.25) is 20.1 Å². The van der Waals surface area contributed by atoms with Gasteiger partial charge in [0.05, 0.1) is 21.4 Å². The Hall–Kier alpha value is -1.79. The van der Waals surface area contributed by atoms with Crippen LogP contribution in [0.25, 0.3) is 5.69 Å². The van der Waals surface area contributed by atoms with E-state index >= 15 is 0 Å². The van der Waals surface area contributed by atoms with Crippen LogP contribution in [0.15, 0.2) is 41.6 Å². The molecule has 0 bridgehead atoms. The van der Waals surface area contributed by atoms with Crippen molar-refractivity contribution in [1.82, 2.24) is 15.0 Å². The number of hydrogen-bond donors (Lipinski definition) is 0. The van der Waals surface area contributed by atoms with Crippen molar-refractivity contribution in [1.29, 1.82) is 0 Å². The highest BCUT2D eigenvalue weighted by atomic mass is 35.5. The van der Waals surface area contributed by atoms with Crippen LogP contribution in [-0.2, 0) is 11.4 Å². The van der Waals surface area contributed by atoms with Gasteiger partial charge in [-0.1, -0.05) is 68.9 Å². The van der Waals surface area contributed by atoms with E-state index in [-0.39, 0.29) is 6.61 Å². The van der Waals surface area contributed by atoms with Gasteiger partial charge in [-0.3, -0.25) is 0 Å². The van der Waals surface area contributed by atoms with E-state index in [9.17, 15) is 0 Å². The molecular weight excluding hydrogens is 430 g/mol. The summed E-state index contributed by atoms with van der Waals surface area (Å²) < 4.78 is 1.60. The van der Waals surface area contributed by atoms with E-state index in [1.807, 2.05) is 13.0 Å². The van der Waals surface area contributed by atoms with Gasteiger partial charge in [-0.2, -0.15) is 0 Å². The van der Waals surface area contributed by atoms with Crippen molar-refractivity contribution in [3.8, 4) is 5.69 Å². The quantitative estimate of drug-likeness (QED) is 0.352. The molecule has 27 heavy (non-hydrogen) atoms. The molecule has 9 heteroatoms. The maximum absolute atomic E-state index is 6.27.